The van der Waals surface area contributed by atoms with E-state index >= 15 is 0 Å². The van der Waals surface area contributed by atoms with Crippen molar-refractivity contribution >= 4 is 5.78 Å². The predicted octanol–water partition coefficient (Wildman–Crippen LogP) is 2.36. The molecule has 13 heavy (non-hydrogen) atoms. The Morgan fingerprint density at radius 2 is 2.08 bits per heavy atom. The zero-order valence-corrected chi connectivity index (χ0v) is 8.45. The van der Waals surface area contributed by atoms with E-state index < -0.39 is 0 Å². The molecule has 0 aromatic carbocycles. The molecule has 0 saturated carbocycles. The summed E-state index contributed by atoms with van der Waals surface area (Å²) in [6.45, 7) is 11.3. The molecule has 1 atom stereocenters. The van der Waals surface area contributed by atoms with E-state index in [1.54, 1.807) is 0 Å². The van der Waals surface area contributed by atoms with E-state index in [4.69, 9.17) is 4.74 Å². The van der Waals surface area contributed by atoms with E-state index in [9.17, 15) is 4.79 Å². The molecule has 2 nitrogen and oxygen atoms in total. The molecule has 0 amide bonds. The quantitative estimate of drug-likeness (QED) is 0.446. The second-order valence-corrected chi connectivity index (χ2v) is 3.29. The van der Waals surface area contributed by atoms with Crippen LogP contribution < -0.4 is 0 Å². The molecule has 0 aliphatic carbocycles. The summed E-state index contributed by atoms with van der Waals surface area (Å²) < 4.78 is 5.40. The van der Waals surface area contributed by atoms with Crippen molar-refractivity contribution in [3.05, 3.63) is 25.3 Å². The van der Waals surface area contributed by atoms with Crippen LogP contribution in [0, 0.1) is 5.92 Å². The number of ether oxygens (including phenoxy) is 1. The van der Waals surface area contributed by atoms with E-state index in [1.165, 1.54) is 6.08 Å². The molecule has 74 valence electrons. The number of hydrogen-bond donors (Lipinski definition) is 0. The summed E-state index contributed by atoms with van der Waals surface area (Å²) in [4.78, 5) is 10.9. The lowest BCUT2D eigenvalue weighted by Crippen LogP contribution is -2.22. The van der Waals surface area contributed by atoms with Crippen molar-refractivity contribution in [1.82, 2.24) is 0 Å². The molecular weight excluding hydrogens is 164 g/mol. The van der Waals surface area contributed by atoms with E-state index in [0.717, 1.165) is 6.42 Å². The van der Waals surface area contributed by atoms with Gasteiger partial charge in [0.1, 0.15) is 6.61 Å². The van der Waals surface area contributed by atoms with Crippen LogP contribution in [-0.4, -0.2) is 18.5 Å². The highest BCUT2D eigenvalue weighted by Crippen LogP contribution is 2.10. The molecule has 0 aromatic rings. The van der Waals surface area contributed by atoms with E-state index in [-0.39, 0.29) is 18.5 Å². The zero-order valence-electron chi connectivity index (χ0n) is 8.45. The summed E-state index contributed by atoms with van der Waals surface area (Å²) in [6.07, 6.45) is 3.96. The van der Waals surface area contributed by atoms with E-state index in [1.807, 2.05) is 6.08 Å². The highest BCUT2D eigenvalue weighted by atomic mass is 16.5. The fraction of sp³-hybridized carbons (Fsp3) is 0.545. The molecule has 0 aromatic heterocycles. The van der Waals surface area contributed by atoms with Crippen molar-refractivity contribution in [2.45, 2.75) is 26.4 Å². The Balaban J connectivity index is 3.88. The van der Waals surface area contributed by atoms with Crippen LogP contribution in [0.2, 0.25) is 0 Å². The molecule has 0 N–H and O–H groups in total. The van der Waals surface area contributed by atoms with Gasteiger partial charge in [0, 0.05) is 0 Å². The normalized spacial score (nSPS) is 12.5. The van der Waals surface area contributed by atoms with Gasteiger partial charge in [0.15, 0.2) is 5.78 Å². The van der Waals surface area contributed by atoms with Crippen molar-refractivity contribution in [2.75, 3.05) is 6.61 Å². The van der Waals surface area contributed by atoms with Gasteiger partial charge >= 0.3 is 0 Å². The summed E-state index contributed by atoms with van der Waals surface area (Å²) in [7, 11) is 0. The Morgan fingerprint density at radius 1 is 1.46 bits per heavy atom. The highest BCUT2D eigenvalue weighted by Gasteiger charge is 2.12. The van der Waals surface area contributed by atoms with Gasteiger partial charge in [0.05, 0.1) is 6.10 Å². The first-order valence-corrected chi connectivity index (χ1v) is 4.49. The molecule has 1 unspecified atom stereocenters. The lowest BCUT2D eigenvalue weighted by molar-refractivity contribution is -0.121. The minimum atomic E-state index is -0.0743. The Bertz CT molecular complexity index is 183. The van der Waals surface area contributed by atoms with Gasteiger partial charge in [-0.25, -0.2) is 0 Å². The van der Waals surface area contributed by atoms with Crippen molar-refractivity contribution in [1.29, 1.82) is 0 Å². The maximum Gasteiger partial charge on any atom is 0.180 e. The third kappa shape index (κ3) is 5.36. The van der Waals surface area contributed by atoms with Crippen LogP contribution in [0.3, 0.4) is 0 Å². The minimum absolute atomic E-state index is 0.0743. The second kappa shape index (κ2) is 6.61. The molecular formula is C11H18O2. The Hall–Kier alpha value is -0.890. The average Bonchev–Trinajstić information content (AvgIpc) is 2.11. The molecule has 2 heteroatoms. The van der Waals surface area contributed by atoms with Gasteiger partial charge in [0.25, 0.3) is 0 Å². The maximum atomic E-state index is 10.9. The second-order valence-electron chi connectivity index (χ2n) is 3.29. The van der Waals surface area contributed by atoms with E-state index in [2.05, 4.69) is 27.0 Å². The van der Waals surface area contributed by atoms with Crippen LogP contribution >= 0.6 is 0 Å². The van der Waals surface area contributed by atoms with Gasteiger partial charge in [-0.1, -0.05) is 26.5 Å². The van der Waals surface area contributed by atoms with E-state index in [0.29, 0.717) is 5.92 Å². The minimum Gasteiger partial charge on any atom is -0.370 e. The first-order chi connectivity index (χ1) is 6.11. The summed E-state index contributed by atoms with van der Waals surface area (Å²) >= 11 is 0. The Morgan fingerprint density at radius 3 is 2.46 bits per heavy atom. The number of carbonyl (C=O) groups is 1. The molecule has 0 saturated heterocycles. The molecule has 0 radical (unpaired) electrons. The fourth-order valence-corrected chi connectivity index (χ4v) is 0.945. The van der Waals surface area contributed by atoms with Crippen LogP contribution in [-0.2, 0) is 9.53 Å². The first-order valence-electron chi connectivity index (χ1n) is 4.49. The van der Waals surface area contributed by atoms with Crippen LogP contribution in [0.5, 0.6) is 0 Å². The van der Waals surface area contributed by atoms with Crippen molar-refractivity contribution in [3.8, 4) is 0 Å². The van der Waals surface area contributed by atoms with Gasteiger partial charge in [-0.2, -0.15) is 0 Å². The van der Waals surface area contributed by atoms with Gasteiger partial charge in [-0.3, -0.25) is 4.79 Å². The standard InChI is InChI=1S/C11H18O2/c1-5-7-11(9(3)4)13-8-10(12)6-2/h5-6,9,11H,1-2,7-8H2,3-4H3. The Kier molecular flexibility index (Phi) is 6.15. The summed E-state index contributed by atoms with van der Waals surface area (Å²) in [5, 5.41) is 0. The molecule has 0 rings (SSSR count). The lowest BCUT2D eigenvalue weighted by atomic mass is 10.0. The fourth-order valence-electron chi connectivity index (χ4n) is 0.945. The summed E-state index contributed by atoms with van der Waals surface area (Å²) in [6, 6.07) is 0. The number of ketones is 1. The molecule has 0 fully saturated rings. The SMILES string of the molecule is C=CCC(OCC(=O)C=C)C(C)C. The number of rotatable bonds is 7. The molecule has 0 bridgehead atoms. The maximum absolute atomic E-state index is 10.9. The van der Waals surface area contributed by atoms with Crippen molar-refractivity contribution < 1.29 is 9.53 Å². The van der Waals surface area contributed by atoms with Crippen LogP contribution in [0.1, 0.15) is 20.3 Å². The largest absolute Gasteiger partial charge is 0.370 e. The van der Waals surface area contributed by atoms with Crippen molar-refractivity contribution in [2.24, 2.45) is 5.92 Å². The smallest absolute Gasteiger partial charge is 0.180 e. The lowest BCUT2D eigenvalue weighted by Gasteiger charge is -2.18. The van der Waals surface area contributed by atoms with Crippen LogP contribution in [0.15, 0.2) is 25.3 Å². The summed E-state index contributed by atoms with van der Waals surface area (Å²) in [5.41, 5.74) is 0. The van der Waals surface area contributed by atoms with Gasteiger partial charge in [-0.05, 0) is 18.4 Å². The zero-order chi connectivity index (χ0) is 10.3. The van der Waals surface area contributed by atoms with Gasteiger partial charge in [-0.15, -0.1) is 6.58 Å². The third-order valence-electron chi connectivity index (χ3n) is 1.81. The predicted molar refractivity (Wildman–Crippen MR) is 54.6 cm³/mol. The topological polar surface area (TPSA) is 26.3 Å². The van der Waals surface area contributed by atoms with Gasteiger partial charge in [0.2, 0.25) is 0 Å². The molecule has 0 aliphatic heterocycles. The van der Waals surface area contributed by atoms with Crippen LogP contribution in [0.25, 0.3) is 0 Å². The Labute approximate surface area is 80.3 Å². The van der Waals surface area contributed by atoms with Gasteiger partial charge < -0.3 is 4.74 Å². The number of hydrogen-bond acceptors (Lipinski definition) is 2. The van der Waals surface area contributed by atoms with Crippen molar-refractivity contribution in [3.63, 3.8) is 0 Å². The highest BCUT2D eigenvalue weighted by molar-refractivity contribution is 5.90. The first kappa shape index (κ1) is 12.1. The number of carbonyl (C=O) groups excluding carboxylic acids is 1. The average molecular weight is 182 g/mol. The molecule has 0 heterocycles. The monoisotopic (exact) mass is 182 g/mol. The summed E-state index contributed by atoms with van der Waals surface area (Å²) in [5.74, 6) is 0.324. The van der Waals surface area contributed by atoms with Crippen LogP contribution in [0.4, 0.5) is 0 Å². The molecule has 0 aliphatic rings. The molecule has 0 spiro atoms. The third-order valence-corrected chi connectivity index (χ3v) is 1.81.